The first-order valence-corrected chi connectivity index (χ1v) is 6.92. The van der Waals surface area contributed by atoms with Crippen LogP contribution in [0.2, 0.25) is 0 Å². The fourth-order valence-corrected chi connectivity index (χ4v) is 3.08. The van der Waals surface area contributed by atoms with E-state index in [1.54, 1.807) is 7.11 Å². The lowest BCUT2D eigenvalue weighted by molar-refractivity contribution is -0.0460. The van der Waals surface area contributed by atoms with E-state index in [0.29, 0.717) is 24.5 Å². The van der Waals surface area contributed by atoms with Crippen molar-refractivity contribution in [1.82, 2.24) is 0 Å². The lowest BCUT2D eigenvalue weighted by atomic mass is 9.83. The van der Waals surface area contributed by atoms with Crippen LogP contribution < -0.4 is 0 Å². The molecule has 1 rings (SSSR count). The molecule has 100 valence electrons. The summed E-state index contributed by atoms with van der Waals surface area (Å²) in [5, 5.41) is 0. The van der Waals surface area contributed by atoms with Crippen LogP contribution in [0.1, 0.15) is 39.5 Å². The topological polar surface area (TPSA) is 18.5 Å². The molecule has 0 N–H and O–H groups in total. The van der Waals surface area contributed by atoms with Crippen molar-refractivity contribution in [3.8, 4) is 0 Å². The van der Waals surface area contributed by atoms with Crippen LogP contribution in [0.3, 0.4) is 0 Å². The van der Waals surface area contributed by atoms with Crippen LogP contribution in [0.25, 0.3) is 0 Å². The summed E-state index contributed by atoms with van der Waals surface area (Å²) in [4.78, 5) is 0. The van der Waals surface area contributed by atoms with Crippen LogP contribution in [0.5, 0.6) is 0 Å². The van der Waals surface area contributed by atoms with Gasteiger partial charge in [-0.15, -0.1) is 6.58 Å². The molecule has 1 fully saturated rings. The molecule has 0 bridgehead atoms. The van der Waals surface area contributed by atoms with Crippen molar-refractivity contribution in [2.24, 2.45) is 17.8 Å². The molecular weight excluding hydrogens is 212 g/mol. The standard InChI is InChI=1S/C15H28O2/c1-5-7-13-8-6-9-14(13)15(12(2)3)17-11-10-16-4/h5,12-15H,1,6-11H2,2-4H3. The van der Waals surface area contributed by atoms with Crippen LogP contribution in [-0.2, 0) is 9.47 Å². The average Bonchev–Trinajstić information content (AvgIpc) is 2.73. The molecule has 0 spiro atoms. The van der Waals surface area contributed by atoms with Crippen LogP contribution >= 0.6 is 0 Å². The highest BCUT2D eigenvalue weighted by molar-refractivity contribution is 4.88. The Balaban J connectivity index is 2.52. The summed E-state index contributed by atoms with van der Waals surface area (Å²) >= 11 is 0. The number of ether oxygens (including phenoxy) is 2. The molecule has 0 aromatic heterocycles. The number of methoxy groups -OCH3 is 1. The van der Waals surface area contributed by atoms with Gasteiger partial charge in [-0.2, -0.15) is 0 Å². The van der Waals surface area contributed by atoms with E-state index in [9.17, 15) is 0 Å². The molecular formula is C15H28O2. The Labute approximate surface area is 106 Å². The molecule has 1 aliphatic rings. The van der Waals surface area contributed by atoms with Crippen molar-refractivity contribution >= 4 is 0 Å². The van der Waals surface area contributed by atoms with Gasteiger partial charge >= 0.3 is 0 Å². The predicted molar refractivity (Wildman–Crippen MR) is 72.1 cm³/mol. The van der Waals surface area contributed by atoms with Gasteiger partial charge in [0.1, 0.15) is 0 Å². The van der Waals surface area contributed by atoms with E-state index in [-0.39, 0.29) is 0 Å². The predicted octanol–water partition coefficient (Wildman–Crippen LogP) is 3.67. The van der Waals surface area contributed by atoms with Crippen molar-refractivity contribution in [3.63, 3.8) is 0 Å². The van der Waals surface area contributed by atoms with Crippen LogP contribution in [0, 0.1) is 17.8 Å². The zero-order valence-electron chi connectivity index (χ0n) is 11.7. The summed E-state index contributed by atoms with van der Waals surface area (Å²) in [6.45, 7) is 9.82. The second-order valence-corrected chi connectivity index (χ2v) is 5.45. The van der Waals surface area contributed by atoms with Gasteiger partial charge < -0.3 is 9.47 Å². The smallest absolute Gasteiger partial charge is 0.0704 e. The van der Waals surface area contributed by atoms with Crippen molar-refractivity contribution in [2.45, 2.75) is 45.6 Å². The number of hydrogen-bond acceptors (Lipinski definition) is 2. The zero-order chi connectivity index (χ0) is 12.7. The largest absolute Gasteiger partial charge is 0.382 e. The van der Waals surface area contributed by atoms with Crippen LogP contribution in [0.4, 0.5) is 0 Å². The second kappa shape index (κ2) is 7.88. The van der Waals surface area contributed by atoms with Crippen molar-refractivity contribution < 1.29 is 9.47 Å². The highest BCUT2D eigenvalue weighted by Gasteiger charge is 2.34. The van der Waals surface area contributed by atoms with Gasteiger partial charge in [0, 0.05) is 7.11 Å². The molecule has 0 amide bonds. The number of allylic oxidation sites excluding steroid dienone is 1. The number of rotatable bonds is 8. The lowest BCUT2D eigenvalue weighted by Gasteiger charge is -2.31. The molecule has 2 heteroatoms. The Bertz CT molecular complexity index is 213. The van der Waals surface area contributed by atoms with Crippen molar-refractivity contribution in [2.75, 3.05) is 20.3 Å². The minimum atomic E-state index is 0.387. The number of hydrogen-bond donors (Lipinski definition) is 0. The Morgan fingerprint density at radius 3 is 2.65 bits per heavy atom. The maximum Gasteiger partial charge on any atom is 0.0704 e. The maximum absolute atomic E-state index is 6.05. The molecule has 2 nitrogen and oxygen atoms in total. The minimum absolute atomic E-state index is 0.387. The third-order valence-corrected chi connectivity index (χ3v) is 3.86. The zero-order valence-corrected chi connectivity index (χ0v) is 11.7. The van der Waals surface area contributed by atoms with Crippen molar-refractivity contribution in [1.29, 1.82) is 0 Å². The second-order valence-electron chi connectivity index (χ2n) is 5.45. The summed E-state index contributed by atoms with van der Waals surface area (Å²) in [5.74, 6) is 2.08. The summed E-state index contributed by atoms with van der Waals surface area (Å²) in [6.07, 6.45) is 7.59. The van der Waals surface area contributed by atoms with Gasteiger partial charge in [-0.1, -0.05) is 26.3 Å². The van der Waals surface area contributed by atoms with Crippen LogP contribution in [0.15, 0.2) is 12.7 Å². The monoisotopic (exact) mass is 240 g/mol. The normalized spacial score (nSPS) is 26.4. The van der Waals surface area contributed by atoms with E-state index in [1.165, 1.54) is 19.3 Å². The Kier molecular flexibility index (Phi) is 6.83. The molecule has 3 atom stereocenters. The van der Waals surface area contributed by atoms with Gasteiger partial charge in [0.25, 0.3) is 0 Å². The van der Waals surface area contributed by atoms with Gasteiger partial charge in [0.05, 0.1) is 19.3 Å². The van der Waals surface area contributed by atoms with Crippen molar-refractivity contribution in [3.05, 3.63) is 12.7 Å². The lowest BCUT2D eigenvalue weighted by Crippen LogP contribution is -2.32. The molecule has 1 saturated carbocycles. The van der Waals surface area contributed by atoms with Gasteiger partial charge in [-0.3, -0.25) is 0 Å². The molecule has 0 aromatic carbocycles. The summed E-state index contributed by atoms with van der Waals surface area (Å²) in [6, 6.07) is 0. The Hall–Kier alpha value is -0.340. The highest BCUT2D eigenvalue weighted by Crippen LogP contribution is 2.39. The van der Waals surface area contributed by atoms with E-state index in [2.05, 4.69) is 26.5 Å². The van der Waals surface area contributed by atoms with Crippen LogP contribution in [-0.4, -0.2) is 26.4 Å². The molecule has 0 aromatic rings. The Morgan fingerprint density at radius 2 is 2.06 bits per heavy atom. The van der Waals surface area contributed by atoms with Gasteiger partial charge in [-0.25, -0.2) is 0 Å². The van der Waals surface area contributed by atoms with Gasteiger partial charge in [0.2, 0.25) is 0 Å². The molecule has 3 unspecified atom stereocenters. The van der Waals surface area contributed by atoms with E-state index in [1.807, 2.05) is 0 Å². The quantitative estimate of drug-likeness (QED) is 0.476. The minimum Gasteiger partial charge on any atom is -0.382 e. The third-order valence-electron chi connectivity index (χ3n) is 3.86. The van der Waals surface area contributed by atoms with Gasteiger partial charge in [-0.05, 0) is 37.0 Å². The summed E-state index contributed by atoms with van der Waals surface area (Å²) in [7, 11) is 1.73. The third kappa shape index (κ3) is 4.44. The molecule has 0 radical (unpaired) electrons. The first kappa shape index (κ1) is 14.7. The molecule has 0 heterocycles. The Morgan fingerprint density at radius 1 is 1.29 bits per heavy atom. The highest BCUT2D eigenvalue weighted by atomic mass is 16.5. The van der Waals surface area contributed by atoms with E-state index in [0.717, 1.165) is 18.9 Å². The SMILES string of the molecule is C=CCC1CCCC1C(OCCOC)C(C)C. The fraction of sp³-hybridized carbons (Fsp3) is 0.867. The van der Waals surface area contributed by atoms with Gasteiger partial charge in [0.15, 0.2) is 0 Å². The maximum atomic E-state index is 6.05. The van der Waals surface area contributed by atoms with E-state index < -0.39 is 0 Å². The summed E-state index contributed by atoms with van der Waals surface area (Å²) < 4.78 is 11.1. The average molecular weight is 240 g/mol. The molecule has 17 heavy (non-hydrogen) atoms. The fourth-order valence-electron chi connectivity index (χ4n) is 3.08. The first-order chi connectivity index (χ1) is 8.20. The van der Waals surface area contributed by atoms with E-state index in [4.69, 9.17) is 9.47 Å². The first-order valence-electron chi connectivity index (χ1n) is 6.92. The summed E-state index contributed by atoms with van der Waals surface area (Å²) in [5.41, 5.74) is 0. The molecule has 1 aliphatic carbocycles. The molecule has 0 aliphatic heterocycles. The molecule has 0 saturated heterocycles. The van der Waals surface area contributed by atoms with E-state index >= 15 is 0 Å².